The van der Waals surface area contributed by atoms with E-state index in [2.05, 4.69) is 26.0 Å². The van der Waals surface area contributed by atoms with Crippen LogP contribution in [0.4, 0.5) is 0 Å². The zero-order chi connectivity index (χ0) is 26.8. The Kier molecular flexibility index (Phi) is 7.11. The second kappa shape index (κ2) is 10.6. The molecule has 1 aliphatic heterocycles. The maximum absolute atomic E-state index is 13.6. The zero-order valence-corrected chi connectivity index (χ0v) is 22.1. The topological polar surface area (TPSA) is 112 Å². The maximum Gasteiger partial charge on any atom is 0.303 e. The molecule has 1 amide bonds. The Morgan fingerprint density at radius 1 is 1.05 bits per heavy atom. The predicted molar refractivity (Wildman–Crippen MR) is 148 cm³/mol. The number of ether oxygens (including phenoxy) is 1. The summed E-state index contributed by atoms with van der Waals surface area (Å²) in [4.78, 5) is 41.0. The molecule has 0 fully saturated rings. The van der Waals surface area contributed by atoms with Gasteiger partial charge < -0.3 is 14.8 Å². The maximum atomic E-state index is 13.6. The number of para-hydroxylation sites is 1. The lowest BCUT2D eigenvalue weighted by Crippen LogP contribution is -2.27. The van der Waals surface area contributed by atoms with E-state index >= 15 is 0 Å². The number of methoxy groups -OCH3 is 1. The van der Waals surface area contributed by atoms with Crippen LogP contribution in [0.25, 0.3) is 22.0 Å². The average molecular weight is 574 g/mol. The molecule has 1 aliphatic rings. The lowest BCUT2D eigenvalue weighted by molar-refractivity contribution is -0.141. The fourth-order valence-corrected chi connectivity index (χ4v) is 5.21. The summed E-state index contributed by atoms with van der Waals surface area (Å²) in [6, 6.07) is 22.0. The molecule has 1 atom stereocenters. The Morgan fingerprint density at radius 2 is 1.79 bits per heavy atom. The van der Waals surface area contributed by atoms with Gasteiger partial charge in [0.25, 0.3) is 5.56 Å². The van der Waals surface area contributed by atoms with Crippen LogP contribution in [0.1, 0.15) is 36.4 Å². The Hall–Kier alpha value is -4.24. The summed E-state index contributed by atoms with van der Waals surface area (Å²) in [5, 5.41) is 15.9. The first-order chi connectivity index (χ1) is 18.4. The number of H-pyrrole nitrogens is 1. The Bertz CT molecular complexity index is 1630. The number of aromatic nitrogens is 1. The van der Waals surface area contributed by atoms with Crippen LogP contribution in [0.15, 0.2) is 87.2 Å². The van der Waals surface area contributed by atoms with Gasteiger partial charge in [0, 0.05) is 39.3 Å². The molecule has 2 N–H and O–H groups in total. The van der Waals surface area contributed by atoms with Crippen LogP contribution >= 0.6 is 15.9 Å². The molecular weight excluding hydrogens is 550 g/mol. The zero-order valence-electron chi connectivity index (χ0n) is 20.5. The van der Waals surface area contributed by atoms with Gasteiger partial charge in [0.05, 0.1) is 30.8 Å². The molecule has 0 bridgehead atoms. The third kappa shape index (κ3) is 4.84. The second-order valence-electron chi connectivity index (χ2n) is 8.90. The Labute approximate surface area is 226 Å². The normalized spacial score (nSPS) is 14.9. The lowest BCUT2D eigenvalue weighted by Gasteiger charge is -2.23. The third-order valence-electron chi connectivity index (χ3n) is 6.54. The number of nitrogens with zero attached hydrogens (tertiary/aromatic N) is 2. The van der Waals surface area contributed by atoms with E-state index < -0.39 is 17.9 Å². The number of benzene rings is 3. The quantitative estimate of drug-likeness (QED) is 0.303. The molecule has 8 nitrogen and oxygen atoms in total. The molecule has 38 heavy (non-hydrogen) atoms. The van der Waals surface area contributed by atoms with Crippen LogP contribution in [0.3, 0.4) is 0 Å². The number of rotatable bonds is 7. The standard InChI is InChI=1S/C29H24BrN3O5/c1-38-24-10-6-5-9-19(24)23-16-22(32-33(23)25(34)13-14-26(35)36)28-27(17-7-3-2-4-8-17)20-15-18(30)11-12-21(20)31-29(28)37/h2-12,15,23H,13-14,16H2,1H3,(H,31,37)(H,35,36)/t23-/m1/s1. The van der Waals surface area contributed by atoms with Crippen molar-refractivity contribution in [3.05, 3.63) is 98.7 Å². The van der Waals surface area contributed by atoms with Gasteiger partial charge in [-0.1, -0.05) is 64.5 Å². The first kappa shape index (κ1) is 25.4. The van der Waals surface area contributed by atoms with Crippen LogP contribution in [0.5, 0.6) is 5.75 Å². The monoisotopic (exact) mass is 573 g/mol. The van der Waals surface area contributed by atoms with E-state index in [0.717, 1.165) is 21.0 Å². The third-order valence-corrected chi connectivity index (χ3v) is 7.04. The molecule has 5 rings (SSSR count). The van der Waals surface area contributed by atoms with Gasteiger partial charge in [-0.2, -0.15) is 5.10 Å². The van der Waals surface area contributed by atoms with Crippen molar-refractivity contribution in [1.29, 1.82) is 0 Å². The molecular formula is C29H24BrN3O5. The summed E-state index contributed by atoms with van der Waals surface area (Å²) in [5.41, 5.74) is 3.43. The van der Waals surface area contributed by atoms with Crippen molar-refractivity contribution in [2.75, 3.05) is 7.11 Å². The fourth-order valence-electron chi connectivity index (χ4n) is 4.85. The molecule has 0 unspecified atom stereocenters. The average Bonchev–Trinajstić information content (AvgIpc) is 3.36. The summed E-state index contributed by atoms with van der Waals surface area (Å²) >= 11 is 3.54. The van der Waals surface area contributed by atoms with Crippen molar-refractivity contribution in [3.63, 3.8) is 0 Å². The highest BCUT2D eigenvalue weighted by Crippen LogP contribution is 2.40. The van der Waals surface area contributed by atoms with Crippen molar-refractivity contribution < 1.29 is 19.4 Å². The first-order valence-electron chi connectivity index (χ1n) is 12.0. The largest absolute Gasteiger partial charge is 0.496 e. The van der Waals surface area contributed by atoms with Crippen molar-refractivity contribution in [3.8, 4) is 16.9 Å². The van der Waals surface area contributed by atoms with E-state index in [0.29, 0.717) is 28.1 Å². The number of nitrogens with one attached hydrogen (secondary N) is 1. The molecule has 4 aromatic rings. The van der Waals surface area contributed by atoms with Crippen molar-refractivity contribution in [2.24, 2.45) is 5.10 Å². The number of hydrazone groups is 1. The molecule has 2 heterocycles. The highest BCUT2D eigenvalue weighted by Gasteiger charge is 2.36. The highest BCUT2D eigenvalue weighted by molar-refractivity contribution is 9.10. The van der Waals surface area contributed by atoms with Crippen molar-refractivity contribution in [2.45, 2.75) is 25.3 Å². The molecule has 0 aliphatic carbocycles. The van der Waals surface area contributed by atoms with E-state index in [1.54, 1.807) is 13.2 Å². The first-order valence-corrected chi connectivity index (χ1v) is 12.8. The van der Waals surface area contributed by atoms with Gasteiger partial charge >= 0.3 is 5.97 Å². The molecule has 9 heteroatoms. The summed E-state index contributed by atoms with van der Waals surface area (Å²) in [6.07, 6.45) is -0.287. The SMILES string of the molecule is COc1ccccc1[C@H]1CC(c2c(-c3ccccc3)c3cc(Br)ccc3[nH]c2=O)=NN1C(=O)CCC(=O)O. The number of carbonyl (C=O) groups excluding carboxylic acids is 1. The van der Waals surface area contributed by atoms with Gasteiger partial charge in [-0.15, -0.1) is 0 Å². The number of carbonyl (C=O) groups is 2. The summed E-state index contributed by atoms with van der Waals surface area (Å²) in [5.74, 6) is -0.942. The van der Waals surface area contributed by atoms with Crippen molar-refractivity contribution >= 4 is 44.4 Å². The van der Waals surface area contributed by atoms with E-state index in [9.17, 15) is 14.4 Å². The number of halogens is 1. The Balaban J connectivity index is 1.71. The highest BCUT2D eigenvalue weighted by atomic mass is 79.9. The number of fused-ring (bicyclic) bond motifs is 1. The van der Waals surface area contributed by atoms with Crippen LogP contribution in [0, 0.1) is 0 Å². The second-order valence-corrected chi connectivity index (χ2v) is 9.82. The molecule has 3 aromatic carbocycles. The van der Waals surface area contributed by atoms with E-state index in [1.807, 2.05) is 66.7 Å². The number of amides is 1. The lowest BCUT2D eigenvalue weighted by atomic mass is 9.91. The number of aromatic amines is 1. The van der Waals surface area contributed by atoms with E-state index in [1.165, 1.54) is 5.01 Å². The molecule has 192 valence electrons. The predicted octanol–water partition coefficient (Wildman–Crippen LogP) is 5.51. The number of aliphatic carboxylic acids is 1. The Morgan fingerprint density at radius 3 is 2.53 bits per heavy atom. The van der Waals surface area contributed by atoms with Gasteiger partial charge in [-0.05, 0) is 29.8 Å². The van der Waals surface area contributed by atoms with Crippen LogP contribution in [0.2, 0.25) is 0 Å². The molecule has 1 aromatic heterocycles. The van der Waals surface area contributed by atoms with Gasteiger partial charge in [0.1, 0.15) is 5.75 Å². The van der Waals surface area contributed by atoms with Crippen LogP contribution < -0.4 is 10.3 Å². The molecule has 0 saturated carbocycles. The molecule has 0 saturated heterocycles. The van der Waals surface area contributed by atoms with Crippen LogP contribution in [-0.2, 0) is 9.59 Å². The number of pyridine rings is 1. The summed E-state index contributed by atoms with van der Waals surface area (Å²) in [6.45, 7) is 0. The van der Waals surface area contributed by atoms with Gasteiger partial charge in [0.15, 0.2) is 0 Å². The van der Waals surface area contributed by atoms with Crippen molar-refractivity contribution in [1.82, 2.24) is 9.99 Å². The van der Waals surface area contributed by atoms with Gasteiger partial charge in [-0.3, -0.25) is 14.4 Å². The summed E-state index contributed by atoms with van der Waals surface area (Å²) < 4.78 is 6.41. The number of hydrogen-bond acceptors (Lipinski definition) is 5. The van der Waals surface area contributed by atoms with E-state index in [-0.39, 0.29) is 24.8 Å². The smallest absolute Gasteiger partial charge is 0.303 e. The van der Waals surface area contributed by atoms with E-state index in [4.69, 9.17) is 9.84 Å². The minimum Gasteiger partial charge on any atom is -0.496 e. The number of carboxylic acid groups (broad SMARTS) is 1. The van der Waals surface area contributed by atoms with Gasteiger partial charge in [0.2, 0.25) is 5.91 Å². The molecule has 0 radical (unpaired) electrons. The number of carboxylic acids is 1. The molecule has 0 spiro atoms. The van der Waals surface area contributed by atoms with Gasteiger partial charge in [-0.25, -0.2) is 5.01 Å². The minimum absolute atomic E-state index is 0.218. The fraction of sp³-hybridized carbons (Fsp3) is 0.172. The summed E-state index contributed by atoms with van der Waals surface area (Å²) in [7, 11) is 1.55. The minimum atomic E-state index is -1.07. The van der Waals surface area contributed by atoms with Crippen LogP contribution in [-0.4, -0.2) is 39.8 Å². The number of hydrogen-bond donors (Lipinski definition) is 2.